The van der Waals surface area contributed by atoms with Crippen molar-refractivity contribution in [2.75, 3.05) is 24.2 Å². The Hall–Kier alpha value is -3.78. The Morgan fingerprint density at radius 3 is 2.52 bits per heavy atom. The first-order chi connectivity index (χ1) is 21.0. The van der Waals surface area contributed by atoms with E-state index in [1.165, 1.54) is 6.07 Å². The van der Waals surface area contributed by atoms with Gasteiger partial charge in [-0.05, 0) is 62.8 Å². The first kappa shape index (κ1) is 27.7. The predicted molar refractivity (Wildman–Crippen MR) is 160 cm³/mol. The highest BCUT2D eigenvalue weighted by Crippen LogP contribution is 2.46. The summed E-state index contributed by atoms with van der Waals surface area (Å²) in [6, 6.07) is 9.26. The summed E-state index contributed by atoms with van der Waals surface area (Å²) in [5, 5.41) is 4.18. The number of imidazole rings is 1. The smallest absolute Gasteiger partial charge is 0.329 e. The van der Waals surface area contributed by atoms with Crippen LogP contribution in [0, 0.1) is 18.8 Å². The molecule has 14 heteroatoms. The number of sulfonamides is 1. The number of pyridine rings is 2. The molecule has 1 N–H and O–H groups in total. The lowest BCUT2D eigenvalue weighted by Crippen LogP contribution is -2.58. The first-order valence-corrected chi connectivity index (χ1v) is 16.8. The number of rotatable bonds is 8. The molecule has 0 radical (unpaired) electrons. The van der Waals surface area contributed by atoms with E-state index >= 15 is 0 Å². The fraction of sp³-hybridized carbons (Fsp3) is 0.500. The molecule has 1 amide bonds. The Labute approximate surface area is 252 Å². The van der Waals surface area contributed by atoms with Crippen LogP contribution < -0.4 is 14.4 Å². The number of halogens is 2. The van der Waals surface area contributed by atoms with Crippen molar-refractivity contribution in [2.45, 2.75) is 63.8 Å². The van der Waals surface area contributed by atoms with Gasteiger partial charge in [0.2, 0.25) is 10.0 Å². The number of nitrogens with zero attached hydrogens (tertiary/aromatic N) is 6. The van der Waals surface area contributed by atoms with Crippen LogP contribution >= 0.6 is 0 Å². The summed E-state index contributed by atoms with van der Waals surface area (Å²) < 4.78 is 61.7. The summed E-state index contributed by atoms with van der Waals surface area (Å²) in [7, 11) is -2.69. The molecule has 4 aliphatic rings. The van der Waals surface area contributed by atoms with E-state index in [1.54, 1.807) is 19.2 Å². The maximum Gasteiger partial charge on any atom is 0.329 e. The van der Waals surface area contributed by atoms with Gasteiger partial charge in [-0.1, -0.05) is 0 Å². The van der Waals surface area contributed by atoms with Crippen molar-refractivity contribution >= 4 is 38.4 Å². The van der Waals surface area contributed by atoms with Crippen LogP contribution in [0.5, 0.6) is 5.88 Å². The number of nitrogens with one attached hydrogen (secondary N) is 1. The Morgan fingerprint density at radius 2 is 1.91 bits per heavy atom. The Bertz CT molecular complexity index is 1940. The van der Waals surface area contributed by atoms with Crippen molar-refractivity contribution in [1.29, 1.82) is 0 Å². The molecule has 4 fully saturated rings. The standard InChI is InChI=1S/C30H33F2N7O4S/c1-15-26(22-10-17-6-9-23(39(30(31)32)44(3,41)42)35-28(17)36(22)14-16-4-5-16)34-24-11-18(12-25(43-2)37(15)24)29(40)38-20-7-8-21(38)27-19(20)13-33-27/h6,9-12,16,19-21,27,30,33H,4-5,7-8,13-14H2,1-3H3. The highest BCUT2D eigenvalue weighted by Gasteiger charge is 2.58. The number of fused-ring (bicyclic) bond motifs is 7. The van der Waals surface area contributed by atoms with Gasteiger partial charge >= 0.3 is 6.55 Å². The van der Waals surface area contributed by atoms with Gasteiger partial charge < -0.3 is 19.5 Å². The molecule has 44 heavy (non-hydrogen) atoms. The van der Waals surface area contributed by atoms with Crippen LogP contribution in [0.15, 0.2) is 30.3 Å². The van der Waals surface area contributed by atoms with E-state index in [4.69, 9.17) is 9.72 Å². The lowest BCUT2D eigenvalue weighted by Gasteiger charge is -2.39. The van der Waals surface area contributed by atoms with E-state index in [2.05, 4.69) is 15.2 Å². The molecule has 0 aromatic carbocycles. The van der Waals surface area contributed by atoms with E-state index in [-0.39, 0.29) is 28.1 Å². The number of ether oxygens (including phenoxy) is 1. The van der Waals surface area contributed by atoms with Crippen molar-refractivity contribution in [3.63, 3.8) is 0 Å². The van der Waals surface area contributed by atoms with E-state index in [0.29, 0.717) is 58.2 Å². The molecule has 0 spiro atoms. The van der Waals surface area contributed by atoms with Gasteiger partial charge in [0.25, 0.3) is 5.91 Å². The van der Waals surface area contributed by atoms with Crippen LogP contribution in [0.3, 0.4) is 0 Å². The minimum Gasteiger partial charge on any atom is -0.482 e. The molecule has 232 valence electrons. The second kappa shape index (κ2) is 9.61. The number of alkyl halides is 2. The van der Waals surface area contributed by atoms with Crippen molar-refractivity contribution in [3.05, 3.63) is 41.6 Å². The maximum atomic E-state index is 13.9. The van der Waals surface area contributed by atoms with Gasteiger partial charge in [0.15, 0.2) is 5.88 Å². The van der Waals surface area contributed by atoms with Crippen molar-refractivity contribution < 1.29 is 26.7 Å². The van der Waals surface area contributed by atoms with Crippen LogP contribution in [0.2, 0.25) is 0 Å². The van der Waals surface area contributed by atoms with Crippen LogP contribution in [0.1, 0.15) is 41.7 Å². The van der Waals surface area contributed by atoms with Gasteiger partial charge in [0, 0.05) is 54.1 Å². The normalized spacial score (nSPS) is 24.4. The molecule has 4 aromatic rings. The van der Waals surface area contributed by atoms with Gasteiger partial charge in [0.05, 0.1) is 24.8 Å². The topological polar surface area (TPSA) is 114 Å². The molecule has 4 unspecified atom stereocenters. The number of hydrogen-bond donors (Lipinski definition) is 1. The predicted octanol–water partition coefficient (Wildman–Crippen LogP) is 3.64. The third-order valence-corrected chi connectivity index (χ3v) is 11.0. The first-order valence-electron chi connectivity index (χ1n) is 15.0. The molecule has 4 aromatic heterocycles. The van der Waals surface area contributed by atoms with E-state index in [9.17, 15) is 22.0 Å². The zero-order valence-corrected chi connectivity index (χ0v) is 25.4. The molecular weight excluding hydrogens is 592 g/mol. The van der Waals surface area contributed by atoms with Gasteiger partial charge in [-0.3, -0.25) is 9.20 Å². The Morgan fingerprint density at radius 1 is 1.14 bits per heavy atom. The largest absolute Gasteiger partial charge is 0.482 e. The van der Waals surface area contributed by atoms with Gasteiger partial charge in [-0.2, -0.15) is 13.1 Å². The average Bonchev–Trinajstić information content (AvgIpc) is 3.36. The fourth-order valence-corrected chi connectivity index (χ4v) is 8.39. The quantitative estimate of drug-likeness (QED) is 0.298. The van der Waals surface area contributed by atoms with Crippen molar-refractivity contribution in [2.24, 2.45) is 11.8 Å². The molecule has 4 atom stereocenters. The number of aryl methyl sites for hydroxylation is 1. The summed E-state index contributed by atoms with van der Waals surface area (Å²) in [6.07, 6.45) is 4.85. The highest BCUT2D eigenvalue weighted by molar-refractivity contribution is 7.92. The summed E-state index contributed by atoms with van der Waals surface area (Å²) in [5.41, 5.74) is 3.66. The third-order valence-electron chi connectivity index (χ3n) is 9.91. The van der Waals surface area contributed by atoms with E-state index < -0.39 is 16.6 Å². The number of anilines is 1. The van der Waals surface area contributed by atoms with Crippen LogP contribution in [-0.2, 0) is 16.6 Å². The monoisotopic (exact) mass is 625 g/mol. The Balaban J connectivity index is 1.24. The number of carbonyl (C=O) groups excluding carboxylic acids is 1. The lowest BCUT2D eigenvalue weighted by molar-refractivity contribution is 0.0722. The van der Waals surface area contributed by atoms with Crippen LogP contribution in [0.4, 0.5) is 14.6 Å². The summed E-state index contributed by atoms with van der Waals surface area (Å²) in [5.74, 6) is 1.06. The van der Waals surface area contributed by atoms with Crippen LogP contribution in [-0.4, -0.2) is 82.7 Å². The zero-order valence-electron chi connectivity index (χ0n) is 24.6. The molecule has 1 aliphatic carbocycles. The molecule has 11 nitrogen and oxygen atoms in total. The van der Waals surface area contributed by atoms with Gasteiger partial charge in [-0.25, -0.2) is 18.4 Å². The van der Waals surface area contributed by atoms with Crippen molar-refractivity contribution in [1.82, 2.24) is 29.2 Å². The second-order valence-electron chi connectivity index (χ2n) is 12.6. The number of amides is 1. The maximum absolute atomic E-state index is 13.9. The summed E-state index contributed by atoms with van der Waals surface area (Å²) >= 11 is 0. The highest BCUT2D eigenvalue weighted by atomic mass is 32.2. The molecule has 3 aliphatic heterocycles. The minimum atomic E-state index is -4.26. The number of hydrogen-bond acceptors (Lipinski definition) is 7. The molecule has 7 heterocycles. The van der Waals surface area contributed by atoms with Crippen molar-refractivity contribution in [3.8, 4) is 17.3 Å². The molecule has 2 bridgehead atoms. The van der Waals surface area contributed by atoms with E-state index in [1.807, 2.05) is 28.0 Å². The van der Waals surface area contributed by atoms with Crippen LogP contribution in [0.25, 0.3) is 28.1 Å². The molecule has 8 rings (SSSR count). The molecular formula is C30H33F2N7O4S. The number of carbonyl (C=O) groups is 1. The average molecular weight is 626 g/mol. The number of aromatic nitrogens is 4. The third kappa shape index (κ3) is 4.06. The zero-order chi connectivity index (χ0) is 30.7. The summed E-state index contributed by atoms with van der Waals surface area (Å²) in [6.45, 7) is 0.197. The minimum absolute atomic E-state index is 0.00857. The fourth-order valence-electron chi connectivity index (χ4n) is 7.66. The van der Waals surface area contributed by atoms with Gasteiger partial charge in [-0.15, -0.1) is 0 Å². The van der Waals surface area contributed by atoms with Gasteiger partial charge in [0.1, 0.15) is 22.8 Å². The van der Waals surface area contributed by atoms with E-state index in [0.717, 1.165) is 49.9 Å². The second-order valence-corrected chi connectivity index (χ2v) is 14.4. The number of methoxy groups -OCH3 is 1. The summed E-state index contributed by atoms with van der Waals surface area (Å²) in [4.78, 5) is 25.4. The lowest BCUT2D eigenvalue weighted by atomic mass is 9.79. The SMILES string of the molecule is COc1cc(C(=O)N2C3CCC2C2NCC23)cc2nc(-c3cc4ccc(N(C(F)F)S(C)(=O)=O)nc4n3CC3CC3)c(C)n12. The molecule has 3 saturated heterocycles. The molecule has 1 saturated carbocycles. The Kier molecular flexibility index (Phi) is 6.06.